The third kappa shape index (κ3) is 4.69. The predicted octanol–water partition coefficient (Wildman–Crippen LogP) is 3.35. The average molecular weight is 409 g/mol. The van der Waals surface area contributed by atoms with Crippen LogP contribution >= 0.6 is 15.9 Å². The number of non-ortho nitro benzene ring substituents is 1. The molecule has 0 bridgehead atoms. The number of rotatable bonds is 7. The molecule has 0 radical (unpaired) electrons. The first kappa shape index (κ1) is 18.7. The molecule has 0 aromatic heterocycles. The van der Waals surface area contributed by atoms with Gasteiger partial charge in [0.05, 0.1) is 23.6 Å². The molecule has 1 N–H and O–H groups in total. The van der Waals surface area contributed by atoms with E-state index in [2.05, 4.69) is 21.2 Å². The van der Waals surface area contributed by atoms with Gasteiger partial charge in [-0.3, -0.25) is 14.9 Å². The zero-order valence-electron chi connectivity index (χ0n) is 13.7. The molecule has 1 amide bonds. The largest absolute Gasteiger partial charge is 0.496 e. The lowest BCUT2D eigenvalue weighted by atomic mass is 10.1. The molecule has 0 aliphatic carbocycles. The van der Waals surface area contributed by atoms with Gasteiger partial charge in [0.25, 0.3) is 11.6 Å². The second-order valence-corrected chi connectivity index (χ2v) is 5.96. The third-order valence-electron chi connectivity index (χ3n) is 3.58. The van der Waals surface area contributed by atoms with Crippen LogP contribution in [0, 0.1) is 10.1 Å². The average Bonchev–Trinajstić information content (AvgIpc) is 2.62. The van der Waals surface area contributed by atoms with Gasteiger partial charge in [0.2, 0.25) is 0 Å². The number of nitrogens with one attached hydrogen (secondary N) is 1. The SMILES string of the molecule is COc1cc(CCNC(=O)c2ccc([N+](=O)[O-])cc2)c(OC)cc1Br. The summed E-state index contributed by atoms with van der Waals surface area (Å²) in [5, 5.41) is 13.4. The van der Waals surface area contributed by atoms with E-state index in [9.17, 15) is 14.9 Å². The van der Waals surface area contributed by atoms with Gasteiger partial charge in [0.1, 0.15) is 11.5 Å². The van der Waals surface area contributed by atoms with E-state index in [1.165, 1.54) is 24.3 Å². The molecule has 132 valence electrons. The van der Waals surface area contributed by atoms with Crippen LogP contribution in [0.15, 0.2) is 40.9 Å². The van der Waals surface area contributed by atoms with Crippen molar-refractivity contribution in [2.24, 2.45) is 0 Å². The van der Waals surface area contributed by atoms with E-state index in [1.54, 1.807) is 14.2 Å². The molecule has 0 heterocycles. The minimum absolute atomic E-state index is 0.0526. The Morgan fingerprint density at radius 1 is 1.16 bits per heavy atom. The van der Waals surface area contributed by atoms with Crippen LogP contribution in [0.5, 0.6) is 11.5 Å². The molecule has 0 fully saturated rings. The fourth-order valence-corrected chi connectivity index (χ4v) is 2.75. The van der Waals surface area contributed by atoms with Gasteiger partial charge < -0.3 is 14.8 Å². The highest BCUT2D eigenvalue weighted by molar-refractivity contribution is 9.10. The standard InChI is InChI=1S/C17H17BrN2O5/c1-24-15-10-14(18)16(25-2)9-12(15)7-8-19-17(21)11-3-5-13(6-4-11)20(22)23/h3-6,9-10H,7-8H2,1-2H3,(H,19,21). The first-order valence-electron chi connectivity index (χ1n) is 7.39. The Hall–Kier alpha value is -2.61. The normalized spacial score (nSPS) is 10.2. The van der Waals surface area contributed by atoms with Gasteiger partial charge in [-0.05, 0) is 52.2 Å². The summed E-state index contributed by atoms with van der Waals surface area (Å²) in [5.74, 6) is 1.08. The number of halogens is 1. The van der Waals surface area contributed by atoms with Gasteiger partial charge in [-0.1, -0.05) is 0 Å². The summed E-state index contributed by atoms with van der Waals surface area (Å²) in [5.41, 5.74) is 1.21. The monoisotopic (exact) mass is 408 g/mol. The Kier molecular flexibility index (Phi) is 6.35. The van der Waals surface area contributed by atoms with Gasteiger partial charge in [0.15, 0.2) is 0 Å². The van der Waals surface area contributed by atoms with Crippen LogP contribution < -0.4 is 14.8 Å². The van der Waals surface area contributed by atoms with E-state index in [0.29, 0.717) is 30.0 Å². The van der Waals surface area contributed by atoms with Crippen molar-refractivity contribution >= 4 is 27.5 Å². The van der Waals surface area contributed by atoms with E-state index >= 15 is 0 Å². The minimum atomic E-state index is -0.505. The molecule has 0 atom stereocenters. The quantitative estimate of drug-likeness (QED) is 0.560. The fraction of sp³-hybridized carbons (Fsp3) is 0.235. The van der Waals surface area contributed by atoms with Crippen LogP contribution in [-0.4, -0.2) is 31.6 Å². The van der Waals surface area contributed by atoms with E-state index in [-0.39, 0.29) is 11.6 Å². The first-order chi connectivity index (χ1) is 12.0. The summed E-state index contributed by atoms with van der Waals surface area (Å²) in [4.78, 5) is 22.2. The summed E-state index contributed by atoms with van der Waals surface area (Å²) >= 11 is 3.40. The highest BCUT2D eigenvalue weighted by Crippen LogP contribution is 2.32. The number of nitro benzene ring substituents is 1. The van der Waals surface area contributed by atoms with Crippen molar-refractivity contribution < 1.29 is 19.2 Å². The van der Waals surface area contributed by atoms with E-state index in [4.69, 9.17) is 9.47 Å². The lowest BCUT2D eigenvalue weighted by Gasteiger charge is -2.12. The highest BCUT2D eigenvalue weighted by Gasteiger charge is 2.12. The Labute approximate surface area is 153 Å². The predicted molar refractivity (Wildman–Crippen MR) is 96.4 cm³/mol. The molecule has 0 saturated carbocycles. The second kappa shape index (κ2) is 8.48. The molecule has 8 heteroatoms. The molecule has 25 heavy (non-hydrogen) atoms. The number of amides is 1. The topological polar surface area (TPSA) is 90.7 Å². The van der Waals surface area contributed by atoms with E-state index < -0.39 is 4.92 Å². The number of carbonyl (C=O) groups is 1. The summed E-state index contributed by atoms with van der Waals surface area (Å²) in [6.45, 7) is 0.386. The molecule has 2 aromatic rings. The van der Waals surface area contributed by atoms with Gasteiger partial charge >= 0.3 is 0 Å². The van der Waals surface area contributed by atoms with Crippen molar-refractivity contribution in [3.63, 3.8) is 0 Å². The maximum absolute atomic E-state index is 12.1. The van der Waals surface area contributed by atoms with E-state index in [1.807, 2.05) is 12.1 Å². The molecule has 0 spiro atoms. The molecular formula is C17H17BrN2O5. The van der Waals surface area contributed by atoms with Gasteiger partial charge in [-0.25, -0.2) is 0 Å². The smallest absolute Gasteiger partial charge is 0.269 e. The highest BCUT2D eigenvalue weighted by atomic mass is 79.9. The Bertz CT molecular complexity index is 777. The second-order valence-electron chi connectivity index (χ2n) is 5.11. The maximum Gasteiger partial charge on any atom is 0.269 e. The van der Waals surface area contributed by atoms with Crippen molar-refractivity contribution in [1.29, 1.82) is 0 Å². The molecule has 2 rings (SSSR count). The zero-order chi connectivity index (χ0) is 18.4. The number of nitro groups is 1. The zero-order valence-corrected chi connectivity index (χ0v) is 15.3. The van der Waals surface area contributed by atoms with Crippen LogP contribution in [0.2, 0.25) is 0 Å². The van der Waals surface area contributed by atoms with Crippen LogP contribution in [-0.2, 0) is 6.42 Å². The number of nitrogens with zero attached hydrogens (tertiary/aromatic N) is 1. The minimum Gasteiger partial charge on any atom is -0.496 e. The Morgan fingerprint density at radius 2 is 1.80 bits per heavy atom. The van der Waals surface area contributed by atoms with Gasteiger partial charge in [0, 0.05) is 24.2 Å². The van der Waals surface area contributed by atoms with Gasteiger partial charge in [-0.15, -0.1) is 0 Å². The summed E-state index contributed by atoms with van der Waals surface area (Å²) in [6, 6.07) is 9.12. The Balaban J connectivity index is 2.00. The van der Waals surface area contributed by atoms with Crippen molar-refractivity contribution in [2.75, 3.05) is 20.8 Å². The third-order valence-corrected chi connectivity index (χ3v) is 4.19. The van der Waals surface area contributed by atoms with Crippen LogP contribution in [0.3, 0.4) is 0 Å². The Morgan fingerprint density at radius 3 is 2.36 bits per heavy atom. The summed E-state index contributed by atoms with van der Waals surface area (Å²) in [7, 11) is 3.15. The number of benzene rings is 2. The molecule has 0 saturated heterocycles. The van der Waals surface area contributed by atoms with E-state index in [0.717, 1.165) is 10.0 Å². The lowest BCUT2D eigenvalue weighted by Crippen LogP contribution is -2.25. The van der Waals surface area contributed by atoms with Crippen LogP contribution in [0.1, 0.15) is 15.9 Å². The molecule has 7 nitrogen and oxygen atoms in total. The van der Waals surface area contributed by atoms with Gasteiger partial charge in [-0.2, -0.15) is 0 Å². The lowest BCUT2D eigenvalue weighted by molar-refractivity contribution is -0.384. The molecular weight excluding hydrogens is 392 g/mol. The fourth-order valence-electron chi connectivity index (χ4n) is 2.27. The number of hydrogen-bond donors (Lipinski definition) is 1. The summed E-state index contributed by atoms with van der Waals surface area (Å²) in [6.07, 6.45) is 0.547. The molecule has 0 aliphatic heterocycles. The number of carbonyl (C=O) groups excluding carboxylic acids is 1. The maximum atomic E-state index is 12.1. The number of methoxy groups -OCH3 is 2. The summed E-state index contributed by atoms with van der Waals surface area (Å²) < 4.78 is 11.4. The molecule has 0 aliphatic rings. The van der Waals surface area contributed by atoms with Crippen LogP contribution in [0.25, 0.3) is 0 Å². The number of ether oxygens (including phenoxy) is 2. The first-order valence-corrected chi connectivity index (χ1v) is 8.18. The molecule has 2 aromatic carbocycles. The van der Waals surface area contributed by atoms with Crippen LogP contribution in [0.4, 0.5) is 5.69 Å². The van der Waals surface area contributed by atoms with Crippen molar-refractivity contribution in [3.05, 3.63) is 62.1 Å². The van der Waals surface area contributed by atoms with Crippen molar-refractivity contribution in [3.8, 4) is 11.5 Å². The van der Waals surface area contributed by atoms with Crippen molar-refractivity contribution in [1.82, 2.24) is 5.32 Å². The number of hydrogen-bond acceptors (Lipinski definition) is 5. The molecule has 0 unspecified atom stereocenters. The van der Waals surface area contributed by atoms with Crippen molar-refractivity contribution in [2.45, 2.75) is 6.42 Å².